The molecule has 1 saturated heterocycles. The van der Waals surface area contributed by atoms with Crippen LogP contribution < -0.4 is 4.90 Å². The fraction of sp³-hybridized carbons (Fsp3) is 0.391. The summed E-state index contributed by atoms with van der Waals surface area (Å²) < 4.78 is 57.8. The summed E-state index contributed by atoms with van der Waals surface area (Å²) in [7, 11) is 4.48. The lowest BCUT2D eigenvalue weighted by Crippen LogP contribution is -2.38. The molecule has 1 aromatic carbocycles. The van der Waals surface area contributed by atoms with Gasteiger partial charge in [-0.2, -0.15) is 22.8 Å². The Balaban J connectivity index is 1.77. The summed E-state index contributed by atoms with van der Waals surface area (Å²) in [6.45, 7) is -0.638. The number of likely N-dealkylation sites (tertiary alicyclic amines) is 1. The summed E-state index contributed by atoms with van der Waals surface area (Å²) in [5.74, 6) is -5.27. The molecule has 3 aromatic rings. The number of halogens is 5. The molecule has 0 N–H and O–H groups in total. The summed E-state index contributed by atoms with van der Waals surface area (Å²) in [6.07, 6.45) is -4.65. The van der Waals surface area contributed by atoms with Gasteiger partial charge in [-0.1, -0.05) is 23.7 Å². The first kappa shape index (κ1) is 26.9. The van der Waals surface area contributed by atoms with E-state index >= 15 is 0 Å². The topological polar surface area (TPSA) is 74.6 Å². The molecular formula is C23H23ClF4N6O2S. The molecule has 37 heavy (non-hydrogen) atoms. The largest absolute Gasteiger partial charge is 0.394 e. The highest BCUT2D eigenvalue weighted by Crippen LogP contribution is 2.42. The highest BCUT2D eigenvalue weighted by molar-refractivity contribution is 7.16. The van der Waals surface area contributed by atoms with Crippen LogP contribution in [0.1, 0.15) is 27.0 Å². The van der Waals surface area contributed by atoms with Gasteiger partial charge in [-0.25, -0.2) is 9.18 Å². The zero-order chi connectivity index (χ0) is 27.1. The number of alkyl halides is 3. The molecule has 2 amide bonds. The molecule has 0 spiro atoms. The van der Waals surface area contributed by atoms with Crippen LogP contribution in [0.5, 0.6) is 0 Å². The number of hydrogen-bond donors (Lipinski definition) is 0. The minimum atomic E-state index is -4.65. The van der Waals surface area contributed by atoms with Crippen LogP contribution in [-0.2, 0) is 6.54 Å². The van der Waals surface area contributed by atoms with Crippen LogP contribution in [0.2, 0.25) is 4.34 Å². The Kier molecular flexibility index (Phi) is 7.47. The number of anilines is 1. The van der Waals surface area contributed by atoms with Crippen LogP contribution in [0.25, 0.3) is 0 Å². The van der Waals surface area contributed by atoms with E-state index in [1.54, 1.807) is 19.2 Å². The molecule has 1 fully saturated rings. The smallest absolute Gasteiger partial charge is 0.339 e. The summed E-state index contributed by atoms with van der Waals surface area (Å²) >= 11 is 7.30. The number of nitrogens with zero attached hydrogens (tertiary/aromatic N) is 6. The summed E-state index contributed by atoms with van der Waals surface area (Å²) in [4.78, 5) is 34.7. The standard InChI is InChI=1S/C23H23ClF4N6O2S/c1-31(2)22(36)33-11-15(16(12-33)23(26,27)28)19-29-21(32(3)10-13-8-9-18(24)37-13)34(30-19)20(35)14-6-4-5-7-17(14)25/h4-9,15-16H,10-12H2,1-3H3. The van der Waals surface area contributed by atoms with Crippen molar-refractivity contribution in [2.24, 2.45) is 5.92 Å². The second kappa shape index (κ2) is 10.3. The second-order valence-corrected chi connectivity index (χ2v) is 10.7. The Hall–Kier alpha value is -3.19. The van der Waals surface area contributed by atoms with Crippen LogP contribution >= 0.6 is 22.9 Å². The van der Waals surface area contributed by atoms with Crippen molar-refractivity contribution < 1.29 is 27.2 Å². The van der Waals surface area contributed by atoms with Gasteiger partial charge in [0.25, 0.3) is 5.91 Å². The third kappa shape index (κ3) is 5.57. The maximum Gasteiger partial charge on any atom is 0.394 e. The minimum absolute atomic E-state index is 0.0638. The summed E-state index contributed by atoms with van der Waals surface area (Å²) in [5, 5.41) is 4.15. The van der Waals surface area contributed by atoms with Gasteiger partial charge in [0.2, 0.25) is 5.95 Å². The monoisotopic (exact) mass is 558 g/mol. The lowest BCUT2D eigenvalue weighted by Gasteiger charge is -2.21. The van der Waals surface area contributed by atoms with E-state index in [0.29, 0.717) is 4.34 Å². The molecule has 2 atom stereocenters. The maximum atomic E-state index is 14.4. The third-order valence-electron chi connectivity index (χ3n) is 5.99. The van der Waals surface area contributed by atoms with E-state index in [4.69, 9.17) is 11.6 Å². The van der Waals surface area contributed by atoms with Crippen LogP contribution in [-0.4, -0.2) is 76.9 Å². The maximum absolute atomic E-state index is 14.4. The van der Waals surface area contributed by atoms with Crippen molar-refractivity contribution in [3.8, 4) is 0 Å². The predicted octanol–water partition coefficient (Wildman–Crippen LogP) is 4.72. The van der Waals surface area contributed by atoms with Crippen molar-refractivity contribution in [2.45, 2.75) is 18.6 Å². The predicted molar refractivity (Wildman–Crippen MR) is 131 cm³/mol. The van der Waals surface area contributed by atoms with E-state index in [0.717, 1.165) is 20.5 Å². The summed E-state index contributed by atoms with van der Waals surface area (Å²) in [6, 6.07) is 8.12. The quantitative estimate of drug-likeness (QED) is 0.424. The van der Waals surface area contributed by atoms with Crippen molar-refractivity contribution in [1.29, 1.82) is 0 Å². The van der Waals surface area contributed by atoms with Gasteiger partial charge in [0.15, 0.2) is 5.82 Å². The SMILES string of the molecule is CN(C)C(=O)N1CC(c2nc(N(C)Cc3ccc(Cl)s3)n(C(=O)c3ccccc3F)n2)C(C(F)(F)F)C1. The van der Waals surface area contributed by atoms with E-state index in [-0.39, 0.29) is 30.4 Å². The average molecular weight is 559 g/mol. The number of benzene rings is 1. The van der Waals surface area contributed by atoms with Crippen molar-refractivity contribution in [3.63, 3.8) is 0 Å². The molecule has 1 aliphatic rings. The number of rotatable bonds is 5. The molecule has 198 valence electrons. The normalized spacial score (nSPS) is 17.8. The Morgan fingerprint density at radius 2 is 1.84 bits per heavy atom. The van der Waals surface area contributed by atoms with Gasteiger partial charge in [-0.05, 0) is 24.3 Å². The molecule has 8 nitrogen and oxygen atoms in total. The molecule has 0 aliphatic carbocycles. The molecule has 3 heterocycles. The van der Waals surface area contributed by atoms with Crippen LogP contribution in [0, 0.1) is 11.7 Å². The second-order valence-electron chi connectivity index (χ2n) is 8.87. The van der Waals surface area contributed by atoms with E-state index in [2.05, 4.69) is 10.1 Å². The van der Waals surface area contributed by atoms with Gasteiger partial charge in [0.05, 0.1) is 28.3 Å². The zero-order valence-corrected chi connectivity index (χ0v) is 21.6. The van der Waals surface area contributed by atoms with Gasteiger partial charge in [-0.3, -0.25) is 4.79 Å². The van der Waals surface area contributed by atoms with E-state index < -0.39 is 42.3 Å². The van der Waals surface area contributed by atoms with Gasteiger partial charge < -0.3 is 14.7 Å². The average Bonchev–Trinajstić information content (AvgIpc) is 3.56. The molecule has 4 rings (SSSR count). The lowest BCUT2D eigenvalue weighted by molar-refractivity contribution is -0.174. The number of carbonyl (C=O) groups is 2. The minimum Gasteiger partial charge on any atom is -0.339 e. The fourth-order valence-corrected chi connectivity index (χ4v) is 5.33. The number of amides is 2. The van der Waals surface area contributed by atoms with Crippen molar-refractivity contribution in [1.82, 2.24) is 24.6 Å². The fourth-order valence-electron chi connectivity index (χ4n) is 4.19. The highest BCUT2D eigenvalue weighted by atomic mass is 35.5. The van der Waals surface area contributed by atoms with E-state index in [1.807, 2.05) is 0 Å². The number of hydrogen-bond acceptors (Lipinski definition) is 6. The molecule has 1 aliphatic heterocycles. The Labute approximate surface area is 219 Å². The first-order valence-electron chi connectivity index (χ1n) is 11.1. The van der Waals surface area contributed by atoms with Gasteiger partial charge in [-0.15, -0.1) is 16.4 Å². The highest BCUT2D eigenvalue weighted by Gasteiger charge is 2.53. The first-order chi connectivity index (χ1) is 17.4. The van der Waals surface area contributed by atoms with Crippen molar-refractivity contribution in [2.75, 3.05) is 39.1 Å². The van der Waals surface area contributed by atoms with Crippen molar-refractivity contribution in [3.05, 3.63) is 62.8 Å². The molecule has 0 bridgehead atoms. The molecule has 2 unspecified atom stereocenters. The molecule has 0 radical (unpaired) electrons. The molecule has 0 saturated carbocycles. The number of carbonyl (C=O) groups excluding carboxylic acids is 2. The Morgan fingerprint density at radius 1 is 1.14 bits per heavy atom. The molecule has 14 heteroatoms. The van der Waals surface area contributed by atoms with Gasteiger partial charge in [0.1, 0.15) is 5.82 Å². The Morgan fingerprint density at radius 3 is 2.43 bits per heavy atom. The van der Waals surface area contributed by atoms with Crippen LogP contribution in [0.4, 0.5) is 28.3 Å². The molecule has 2 aromatic heterocycles. The summed E-state index contributed by atoms with van der Waals surface area (Å²) in [5.41, 5.74) is -0.309. The van der Waals surface area contributed by atoms with Gasteiger partial charge in [0, 0.05) is 39.1 Å². The van der Waals surface area contributed by atoms with Gasteiger partial charge >= 0.3 is 12.2 Å². The number of thiophene rings is 1. The molecular weight excluding hydrogens is 536 g/mol. The van der Waals surface area contributed by atoms with E-state index in [1.165, 1.54) is 53.4 Å². The van der Waals surface area contributed by atoms with Crippen LogP contribution in [0.3, 0.4) is 0 Å². The first-order valence-corrected chi connectivity index (χ1v) is 12.3. The Bertz CT molecular complexity index is 1310. The van der Waals surface area contributed by atoms with Crippen LogP contribution in [0.15, 0.2) is 36.4 Å². The zero-order valence-electron chi connectivity index (χ0n) is 20.0. The number of urea groups is 1. The third-order valence-corrected chi connectivity index (χ3v) is 7.21. The number of aromatic nitrogens is 3. The van der Waals surface area contributed by atoms with Crippen molar-refractivity contribution >= 4 is 40.8 Å². The lowest BCUT2D eigenvalue weighted by atomic mass is 9.95. The van der Waals surface area contributed by atoms with E-state index in [9.17, 15) is 27.2 Å².